The fourth-order valence-electron chi connectivity index (χ4n) is 5.73. The Hall–Kier alpha value is -2.86. The van der Waals surface area contributed by atoms with Crippen molar-refractivity contribution in [3.63, 3.8) is 0 Å². The predicted octanol–water partition coefficient (Wildman–Crippen LogP) is 6.58. The number of anilines is 1. The SMILES string of the molecule is Cc1cc([C@H]2[C@H](c3ccccn3)NC(=S)N2c2ccc(OC3CCCC3)cc2)c(C)n1C(C)C. The molecule has 1 saturated heterocycles. The lowest BCUT2D eigenvalue weighted by Crippen LogP contribution is -2.29. The normalized spacial score (nSPS) is 20.9. The molecule has 2 fully saturated rings. The van der Waals surface area contributed by atoms with Gasteiger partial charge in [0.25, 0.3) is 0 Å². The highest BCUT2D eigenvalue weighted by molar-refractivity contribution is 7.80. The van der Waals surface area contributed by atoms with Crippen molar-refractivity contribution < 1.29 is 4.74 Å². The van der Waals surface area contributed by atoms with E-state index in [0.29, 0.717) is 12.1 Å². The number of nitrogens with one attached hydrogen (secondary N) is 1. The molecule has 1 saturated carbocycles. The van der Waals surface area contributed by atoms with Gasteiger partial charge in [-0.2, -0.15) is 0 Å². The van der Waals surface area contributed by atoms with Crippen molar-refractivity contribution in [1.82, 2.24) is 14.9 Å². The third-order valence-electron chi connectivity index (χ3n) is 7.18. The Kier molecular flexibility index (Phi) is 6.34. The molecule has 6 heteroatoms. The van der Waals surface area contributed by atoms with E-state index in [1.54, 1.807) is 0 Å². The number of ether oxygens (including phenoxy) is 1. The van der Waals surface area contributed by atoms with Crippen LogP contribution < -0.4 is 15.0 Å². The Morgan fingerprint density at radius 1 is 1.06 bits per heavy atom. The lowest BCUT2D eigenvalue weighted by atomic mass is 9.96. The molecule has 1 aliphatic carbocycles. The van der Waals surface area contributed by atoms with Crippen molar-refractivity contribution in [3.05, 3.63) is 77.4 Å². The maximum Gasteiger partial charge on any atom is 0.174 e. The largest absolute Gasteiger partial charge is 0.490 e. The van der Waals surface area contributed by atoms with E-state index in [9.17, 15) is 0 Å². The summed E-state index contributed by atoms with van der Waals surface area (Å²) >= 11 is 5.91. The number of hydrogen-bond donors (Lipinski definition) is 1. The quantitative estimate of drug-likeness (QED) is 0.409. The lowest BCUT2D eigenvalue weighted by molar-refractivity contribution is 0.210. The van der Waals surface area contributed by atoms with Crippen LogP contribution in [-0.2, 0) is 0 Å². The summed E-state index contributed by atoms with van der Waals surface area (Å²) in [5.41, 5.74) is 5.87. The molecule has 0 spiro atoms. The van der Waals surface area contributed by atoms with Gasteiger partial charge in [0.15, 0.2) is 5.11 Å². The van der Waals surface area contributed by atoms with E-state index < -0.39 is 0 Å². The molecule has 0 unspecified atom stereocenters. The average Bonchev–Trinajstić information content (AvgIpc) is 3.53. The molecule has 1 aliphatic heterocycles. The van der Waals surface area contributed by atoms with Crippen molar-refractivity contribution in [2.75, 3.05) is 4.90 Å². The first-order chi connectivity index (χ1) is 16.4. The Morgan fingerprint density at radius 3 is 2.41 bits per heavy atom. The summed E-state index contributed by atoms with van der Waals surface area (Å²) in [5.74, 6) is 0.935. The number of hydrogen-bond acceptors (Lipinski definition) is 3. The van der Waals surface area contributed by atoms with Crippen LogP contribution in [0.5, 0.6) is 5.75 Å². The van der Waals surface area contributed by atoms with Gasteiger partial charge >= 0.3 is 0 Å². The maximum atomic E-state index is 6.21. The highest BCUT2D eigenvalue weighted by Gasteiger charge is 2.42. The summed E-state index contributed by atoms with van der Waals surface area (Å²) in [6.45, 7) is 8.87. The second-order valence-electron chi connectivity index (χ2n) is 9.81. The minimum absolute atomic E-state index is 0.00250. The van der Waals surface area contributed by atoms with Crippen LogP contribution in [0.4, 0.5) is 5.69 Å². The van der Waals surface area contributed by atoms with Gasteiger partial charge in [-0.25, -0.2) is 0 Å². The van der Waals surface area contributed by atoms with Gasteiger partial charge in [-0.3, -0.25) is 4.98 Å². The molecule has 3 heterocycles. The highest BCUT2D eigenvalue weighted by Crippen LogP contribution is 2.44. The van der Waals surface area contributed by atoms with E-state index in [-0.39, 0.29) is 12.1 Å². The van der Waals surface area contributed by atoms with E-state index in [4.69, 9.17) is 17.0 Å². The molecule has 1 N–H and O–H groups in total. The molecule has 0 bridgehead atoms. The minimum Gasteiger partial charge on any atom is -0.490 e. The summed E-state index contributed by atoms with van der Waals surface area (Å²) in [4.78, 5) is 6.94. The summed E-state index contributed by atoms with van der Waals surface area (Å²) in [7, 11) is 0. The van der Waals surface area contributed by atoms with Gasteiger partial charge in [0.2, 0.25) is 0 Å². The molecule has 34 heavy (non-hydrogen) atoms. The molecule has 1 aromatic carbocycles. The summed E-state index contributed by atoms with van der Waals surface area (Å²) in [5, 5.41) is 4.30. The molecule has 0 amide bonds. The zero-order chi connectivity index (χ0) is 23.8. The van der Waals surface area contributed by atoms with Crippen LogP contribution in [0.2, 0.25) is 0 Å². The van der Waals surface area contributed by atoms with Crippen LogP contribution in [-0.4, -0.2) is 20.8 Å². The molecule has 0 radical (unpaired) electrons. The number of pyridine rings is 1. The van der Waals surface area contributed by atoms with Crippen molar-refractivity contribution in [2.24, 2.45) is 0 Å². The Labute approximate surface area is 208 Å². The number of rotatable bonds is 6. The first-order valence-corrected chi connectivity index (χ1v) is 12.8. The zero-order valence-corrected chi connectivity index (χ0v) is 21.3. The van der Waals surface area contributed by atoms with Gasteiger partial charge in [-0.15, -0.1) is 0 Å². The Morgan fingerprint density at radius 2 is 1.79 bits per heavy atom. The first kappa shape index (κ1) is 22.9. The van der Waals surface area contributed by atoms with E-state index >= 15 is 0 Å². The fraction of sp³-hybridized carbons (Fsp3) is 0.429. The van der Waals surface area contributed by atoms with Gasteiger partial charge < -0.3 is 19.5 Å². The number of nitrogens with zero attached hydrogens (tertiary/aromatic N) is 3. The van der Waals surface area contributed by atoms with Gasteiger partial charge in [-0.1, -0.05) is 6.07 Å². The van der Waals surface area contributed by atoms with Crippen molar-refractivity contribution in [2.45, 2.75) is 77.6 Å². The molecule has 2 aromatic heterocycles. The van der Waals surface area contributed by atoms with Crippen LogP contribution in [0.25, 0.3) is 0 Å². The molecule has 178 valence electrons. The smallest absolute Gasteiger partial charge is 0.174 e. The van der Waals surface area contributed by atoms with Crippen LogP contribution in [0, 0.1) is 13.8 Å². The average molecular weight is 475 g/mol. The predicted molar refractivity (Wildman–Crippen MR) is 142 cm³/mol. The lowest BCUT2D eigenvalue weighted by Gasteiger charge is -2.28. The molecule has 3 aromatic rings. The Balaban J connectivity index is 1.54. The van der Waals surface area contributed by atoms with Crippen molar-refractivity contribution >= 4 is 23.0 Å². The topological polar surface area (TPSA) is 42.3 Å². The molecule has 2 atom stereocenters. The molecule has 5 rings (SSSR count). The molecule has 5 nitrogen and oxygen atoms in total. The monoisotopic (exact) mass is 474 g/mol. The fourth-order valence-corrected chi connectivity index (χ4v) is 6.08. The molecular weight excluding hydrogens is 440 g/mol. The highest BCUT2D eigenvalue weighted by atomic mass is 32.1. The molecule has 2 aliphatic rings. The van der Waals surface area contributed by atoms with Crippen LogP contribution in [0.1, 0.15) is 80.3 Å². The van der Waals surface area contributed by atoms with Crippen molar-refractivity contribution in [3.8, 4) is 5.75 Å². The second kappa shape index (κ2) is 9.41. The third-order valence-corrected chi connectivity index (χ3v) is 7.49. The standard InChI is InChI=1S/C28H34N4OS/c1-18(2)31-19(3)17-24(20(31)4)27-26(25-11-7-8-16-29-25)30-28(34)32(27)21-12-14-23(15-13-21)33-22-9-5-6-10-22/h7-8,11-18,22,26-27H,5-6,9-10H2,1-4H3,(H,30,34)/t26-,27-/m0/s1. The zero-order valence-electron chi connectivity index (χ0n) is 20.5. The summed E-state index contributed by atoms with van der Waals surface area (Å²) in [6.07, 6.45) is 7.04. The number of aromatic nitrogens is 2. The summed E-state index contributed by atoms with van der Waals surface area (Å²) in [6, 6.07) is 17.2. The first-order valence-electron chi connectivity index (χ1n) is 12.4. The minimum atomic E-state index is -0.0378. The van der Waals surface area contributed by atoms with Crippen LogP contribution in [0.3, 0.4) is 0 Å². The van der Waals surface area contributed by atoms with Gasteiger partial charge in [-0.05, 0) is 114 Å². The number of thiocarbonyl (C=S) groups is 1. The Bertz CT molecular complexity index is 1150. The van der Waals surface area contributed by atoms with Gasteiger partial charge in [0, 0.05) is 29.3 Å². The van der Waals surface area contributed by atoms with E-state index in [2.05, 4.69) is 83.9 Å². The van der Waals surface area contributed by atoms with Crippen molar-refractivity contribution in [1.29, 1.82) is 0 Å². The summed E-state index contributed by atoms with van der Waals surface area (Å²) < 4.78 is 8.61. The molecular formula is C28H34N4OS. The number of benzene rings is 1. The van der Waals surface area contributed by atoms with E-state index in [1.165, 1.54) is 29.8 Å². The second-order valence-corrected chi connectivity index (χ2v) is 10.2. The third kappa shape index (κ3) is 4.20. The maximum absolute atomic E-state index is 6.21. The van der Waals surface area contributed by atoms with Crippen LogP contribution >= 0.6 is 12.2 Å². The van der Waals surface area contributed by atoms with E-state index in [0.717, 1.165) is 35.1 Å². The number of aryl methyl sites for hydroxylation is 1. The van der Waals surface area contributed by atoms with Crippen LogP contribution in [0.15, 0.2) is 54.7 Å². The van der Waals surface area contributed by atoms with Gasteiger partial charge in [0.1, 0.15) is 5.75 Å². The van der Waals surface area contributed by atoms with Gasteiger partial charge in [0.05, 0.1) is 23.9 Å². The van der Waals surface area contributed by atoms with E-state index in [1.807, 2.05) is 18.3 Å².